The van der Waals surface area contributed by atoms with Crippen LogP contribution in [0.3, 0.4) is 0 Å². The lowest BCUT2D eigenvalue weighted by atomic mass is 9.72. The van der Waals surface area contributed by atoms with Crippen molar-refractivity contribution < 1.29 is 14.3 Å². The van der Waals surface area contributed by atoms with Crippen molar-refractivity contribution in [2.24, 2.45) is 0 Å². The van der Waals surface area contributed by atoms with E-state index in [9.17, 15) is 9.59 Å². The highest BCUT2D eigenvalue weighted by molar-refractivity contribution is 5.85. The predicted molar refractivity (Wildman–Crippen MR) is 215 cm³/mol. The Balaban J connectivity index is 1.21. The molecule has 2 atom stereocenters. The first-order chi connectivity index (χ1) is 25.9. The van der Waals surface area contributed by atoms with Gasteiger partial charge in [-0.2, -0.15) is 0 Å². The number of aldehydes is 1. The van der Waals surface area contributed by atoms with Gasteiger partial charge in [0, 0.05) is 48.2 Å². The number of ether oxygens (including phenoxy) is 1. The van der Waals surface area contributed by atoms with Gasteiger partial charge in [0.05, 0.1) is 16.8 Å². The number of hydrogen-bond donors (Lipinski definition) is 2. The molecule has 5 aromatic rings. The molecule has 2 unspecified atom stereocenters. The second kappa shape index (κ2) is 15.2. The molecule has 2 aliphatic rings. The van der Waals surface area contributed by atoms with Crippen LogP contribution in [-0.4, -0.2) is 74.6 Å². The third kappa shape index (κ3) is 7.68. The molecule has 0 radical (unpaired) electrons. The van der Waals surface area contributed by atoms with E-state index < -0.39 is 17.2 Å². The van der Waals surface area contributed by atoms with E-state index in [0.717, 1.165) is 91.5 Å². The number of piperidine rings is 1. The summed E-state index contributed by atoms with van der Waals surface area (Å²) >= 11 is 0. The zero-order valence-corrected chi connectivity index (χ0v) is 32.1. The number of alkyl carbamates (subject to hydrolysis) is 1. The average Bonchev–Trinajstić information content (AvgIpc) is 3.51. The fourth-order valence-electron chi connectivity index (χ4n) is 7.98. The minimum Gasteiger partial charge on any atom is -0.444 e. The highest BCUT2D eigenvalue weighted by Gasteiger charge is 2.41. The van der Waals surface area contributed by atoms with E-state index in [1.54, 1.807) is 6.20 Å². The normalized spacial score (nSPS) is 18.4. The second-order valence-corrected chi connectivity index (χ2v) is 15.9. The van der Waals surface area contributed by atoms with Crippen LogP contribution in [-0.2, 0) is 15.1 Å². The van der Waals surface area contributed by atoms with Gasteiger partial charge in [-0.1, -0.05) is 24.3 Å². The zero-order chi connectivity index (χ0) is 38.0. The van der Waals surface area contributed by atoms with Crippen LogP contribution >= 0.6 is 0 Å². The lowest BCUT2D eigenvalue weighted by molar-refractivity contribution is -0.108. The molecular weight excluding hydrogens is 677 g/mol. The van der Waals surface area contributed by atoms with Crippen LogP contribution in [0, 0.1) is 0 Å². The Labute approximate surface area is 317 Å². The number of unbranched alkanes of at least 4 members (excludes halogenated alkanes) is 1. The van der Waals surface area contributed by atoms with E-state index in [1.807, 2.05) is 49.6 Å². The number of nitrogens with one attached hydrogen (secondary N) is 1. The molecule has 0 spiro atoms. The minimum absolute atomic E-state index is 0.373. The summed E-state index contributed by atoms with van der Waals surface area (Å²) in [4.78, 5) is 43.3. The first-order valence-electron chi connectivity index (χ1n) is 19.2. The van der Waals surface area contributed by atoms with Gasteiger partial charge in [0.2, 0.25) is 0 Å². The number of anilines is 2. The zero-order valence-electron chi connectivity index (χ0n) is 32.1. The van der Waals surface area contributed by atoms with Crippen LogP contribution in [0.1, 0.15) is 78.2 Å². The van der Waals surface area contributed by atoms with E-state index in [1.165, 1.54) is 5.69 Å². The molecule has 2 aromatic carbocycles. The summed E-state index contributed by atoms with van der Waals surface area (Å²) in [6.07, 6.45) is 8.67. The van der Waals surface area contributed by atoms with Crippen molar-refractivity contribution in [2.45, 2.75) is 95.9 Å². The number of pyridine rings is 2. The summed E-state index contributed by atoms with van der Waals surface area (Å²) in [5.41, 5.74) is 12.5. The number of nitrogens with zero attached hydrogens (tertiary/aromatic N) is 6. The summed E-state index contributed by atoms with van der Waals surface area (Å²) in [6.45, 7) is 9.84. The number of carbonyl (C=O) groups is 2. The van der Waals surface area contributed by atoms with Crippen LogP contribution in [0.4, 0.5) is 16.3 Å². The maximum atomic E-state index is 12.8. The Morgan fingerprint density at radius 1 is 1.06 bits per heavy atom. The number of benzene rings is 2. The molecule has 1 saturated heterocycles. The van der Waals surface area contributed by atoms with E-state index in [0.29, 0.717) is 35.8 Å². The molecule has 7 rings (SSSR count). The van der Waals surface area contributed by atoms with Gasteiger partial charge in [0.25, 0.3) is 0 Å². The maximum Gasteiger partial charge on any atom is 0.408 e. The van der Waals surface area contributed by atoms with Crippen LogP contribution in [0.25, 0.3) is 39.5 Å². The third-order valence-electron chi connectivity index (χ3n) is 11.0. The molecule has 0 bridgehead atoms. The molecule has 3 aromatic heterocycles. The fraction of sp³-hybridized carbons (Fsp3) is 0.419. The van der Waals surface area contributed by atoms with Crippen LogP contribution in [0.5, 0.6) is 0 Å². The van der Waals surface area contributed by atoms with Gasteiger partial charge < -0.3 is 30.4 Å². The quantitative estimate of drug-likeness (QED) is 0.103. The van der Waals surface area contributed by atoms with Crippen molar-refractivity contribution >= 4 is 35.0 Å². The predicted octanol–water partition coefficient (Wildman–Crippen LogP) is 7.90. The summed E-state index contributed by atoms with van der Waals surface area (Å²) in [7, 11) is 2.18. The molecule has 1 aliphatic carbocycles. The lowest BCUT2D eigenvalue weighted by Gasteiger charge is -2.43. The first kappa shape index (κ1) is 37.0. The summed E-state index contributed by atoms with van der Waals surface area (Å²) in [6, 6.07) is 25.7. The number of hydrogen-bond acceptors (Lipinski definition) is 9. The molecule has 11 heteroatoms. The van der Waals surface area contributed by atoms with Gasteiger partial charge in [-0.3, -0.25) is 4.57 Å². The van der Waals surface area contributed by atoms with Crippen molar-refractivity contribution in [2.75, 3.05) is 30.8 Å². The van der Waals surface area contributed by atoms with E-state index >= 15 is 0 Å². The number of nitrogen functional groups attached to an aromatic ring is 1. The Bertz CT molecular complexity index is 2120. The molecule has 282 valence electrons. The van der Waals surface area contributed by atoms with Crippen molar-refractivity contribution in [1.82, 2.24) is 29.7 Å². The third-order valence-corrected chi connectivity index (χ3v) is 11.0. The van der Waals surface area contributed by atoms with Gasteiger partial charge in [0.15, 0.2) is 11.5 Å². The largest absolute Gasteiger partial charge is 0.444 e. The van der Waals surface area contributed by atoms with Crippen LogP contribution in [0.15, 0.2) is 79.0 Å². The number of imidazole rings is 1. The summed E-state index contributed by atoms with van der Waals surface area (Å²) in [5, 5.41) is 3.17. The van der Waals surface area contributed by atoms with Crippen molar-refractivity contribution in [3.8, 4) is 28.3 Å². The monoisotopic (exact) mass is 728 g/mol. The molecule has 1 aliphatic heterocycles. The van der Waals surface area contributed by atoms with Gasteiger partial charge >= 0.3 is 6.09 Å². The van der Waals surface area contributed by atoms with E-state index in [2.05, 4.69) is 82.6 Å². The van der Waals surface area contributed by atoms with E-state index in [-0.39, 0.29) is 0 Å². The van der Waals surface area contributed by atoms with Gasteiger partial charge in [-0.15, -0.1) is 0 Å². The van der Waals surface area contributed by atoms with Crippen LogP contribution in [0.2, 0.25) is 0 Å². The number of amides is 1. The molecule has 54 heavy (non-hydrogen) atoms. The van der Waals surface area contributed by atoms with E-state index in [4.69, 9.17) is 20.4 Å². The Morgan fingerprint density at radius 3 is 2.54 bits per heavy atom. The molecule has 11 nitrogen and oxygen atoms in total. The summed E-state index contributed by atoms with van der Waals surface area (Å²) < 4.78 is 7.67. The number of fused-ring (bicyclic) bond motifs is 1. The Hall–Kier alpha value is -5.29. The van der Waals surface area contributed by atoms with Gasteiger partial charge in [-0.05, 0) is 134 Å². The minimum atomic E-state index is -0.578. The molecule has 3 N–H and O–H groups in total. The SMILES string of the molecule is CC1CC(N(C)CCCC=O)CCN1c1cccc(-c2ccc3nc(-c4cccnc4N)n(-c4ccc(C5(NC(=O)OC(C)(C)C)CCC5)cc4)c3n2)c1. The molecule has 1 amide bonds. The standard InChI is InChI=1S/C43H52N8O3/c1-29-27-33(49(5)24-6-7-26-52)20-25-50(29)34-12-8-11-30(28-34)36-18-19-37-40(46-36)51(39(47-37)35-13-9-23-45-38(35)44)32-16-14-31(15-17-32)43(21-10-22-43)48-41(53)54-42(2,3)4/h8-9,11-19,23,26,28-29,33H,6-7,10,20-22,24-25,27H2,1-5H3,(H2,44,45)(H,48,53). The van der Waals surface area contributed by atoms with Gasteiger partial charge in [-0.25, -0.2) is 19.7 Å². The lowest BCUT2D eigenvalue weighted by Crippen LogP contribution is -2.52. The fourth-order valence-corrected chi connectivity index (χ4v) is 7.98. The summed E-state index contributed by atoms with van der Waals surface area (Å²) in [5.74, 6) is 1.04. The van der Waals surface area contributed by atoms with Crippen molar-refractivity contribution in [3.63, 3.8) is 0 Å². The Morgan fingerprint density at radius 2 is 1.85 bits per heavy atom. The molecule has 2 fully saturated rings. The van der Waals surface area contributed by atoms with Gasteiger partial charge in [0.1, 0.15) is 23.2 Å². The van der Waals surface area contributed by atoms with Crippen LogP contribution < -0.4 is 16.0 Å². The number of carbonyl (C=O) groups excluding carboxylic acids is 2. The topological polar surface area (TPSA) is 132 Å². The molecule has 1 saturated carbocycles. The maximum absolute atomic E-state index is 12.8. The average molecular weight is 729 g/mol. The number of rotatable bonds is 11. The van der Waals surface area contributed by atoms with Crippen molar-refractivity contribution in [1.29, 1.82) is 0 Å². The molecular formula is C43H52N8O3. The Kier molecular flexibility index (Phi) is 10.4. The number of nitrogens with two attached hydrogens (primary N) is 1. The highest BCUT2D eigenvalue weighted by Crippen LogP contribution is 2.42. The highest BCUT2D eigenvalue weighted by atomic mass is 16.6. The smallest absolute Gasteiger partial charge is 0.408 e. The van der Waals surface area contributed by atoms with Crippen molar-refractivity contribution in [3.05, 3.63) is 84.6 Å². The molecule has 4 heterocycles. The number of aromatic nitrogens is 4. The second-order valence-electron chi connectivity index (χ2n) is 15.9. The first-order valence-corrected chi connectivity index (χ1v) is 19.2.